The van der Waals surface area contributed by atoms with Crippen molar-refractivity contribution in [1.82, 2.24) is 0 Å². The van der Waals surface area contributed by atoms with E-state index in [1.54, 1.807) is 6.92 Å². The average Bonchev–Trinajstić information content (AvgIpc) is 2.35. The highest BCUT2D eigenvalue weighted by Gasteiger charge is 2.16. The molecule has 0 aromatic heterocycles. The zero-order valence-corrected chi connectivity index (χ0v) is 9.93. The van der Waals surface area contributed by atoms with E-state index in [1.807, 2.05) is 0 Å². The first-order valence-electron chi connectivity index (χ1n) is 5.94. The molecule has 1 aromatic rings. The highest BCUT2D eigenvalue weighted by molar-refractivity contribution is 5.48. The van der Waals surface area contributed by atoms with Gasteiger partial charge in [0.25, 0.3) is 0 Å². The summed E-state index contributed by atoms with van der Waals surface area (Å²) in [7, 11) is 0. The number of ether oxygens (including phenoxy) is 1. The number of rotatable bonds is 3. The minimum Gasteiger partial charge on any atom is -0.381 e. The summed E-state index contributed by atoms with van der Waals surface area (Å²) in [5, 5.41) is 2.89. The second kappa shape index (κ2) is 5.45. The van der Waals surface area contributed by atoms with Crippen molar-refractivity contribution in [3.63, 3.8) is 0 Å². The summed E-state index contributed by atoms with van der Waals surface area (Å²) < 4.78 is 32.4. The minimum atomic E-state index is -0.528. The molecule has 1 heterocycles. The number of hydrogen-bond acceptors (Lipinski definition) is 2. The van der Waals surface area contributed by atoms with Crippen LogP contribution in [0.1, 0.15) is 18.4 Å². The van der Waals surface area contributed by atoms with Gasteiger partial charge in [0.2, 0.25) is 0 Å². The largest absolute Gasteiger partial charge is 0.381 e. The van der Waals surface area contributed by atoms with Crippen molar-refractivity contribution in [3.05, 3.63) is 29.3 Å². The van der Waals surface area contributed by atoms with Crippen LogP contribution in [0, 0.1) is 24.5 Å². The molecule has 1 aliphatic rings. The SMILES string of the molecule is Cc1ccc(F)c(NCC2CCOCC2)c1F. The van der Waals surface area contributed by atoms with Crippen molar-refractivity contribution in [2.45, 2.75) is 19.8 Å². The fraction of sp³-hybridized carbons (Fsp3) is 0.538. The van der Waals surface area contributed by atoms with E-state index in [-0.39, 0.29) is 5.69 Å². The van der Waals surface area contributed by atoms with Crippen LogP contribution >= 0.6 is 0 Å². The molecule has 4 heteroatoms. The molecule has 0 spiro atoms. The van der Waals surface area contributed by atoms with Crippen LogP contribution in [0.5, 0.6) is 0 Å². The Morgan fingerprint density at radius 3 is 2.71 bits per heavy atom. The van der Waals surface area contributed by atoms with Crippen molar-refractivity contribution in [3.8, 4) is 0 Å². The molecular formula is C13H17F2NO. The first-order chi connectivity index (χ1) is 8.18. The fourth-order valence-corrected chi connectivity index (χ4v) is 2.02. The number of benzene rings is 1. The van der Waals surface area contributed by atoms with Crippen molar-refractivity contribution < 1.29 is 13.5 Å². The molecule has 0 aliphatic carbocycles. The summed E-state index contributed by atoms with van der Waals surface area (Å²) in [6.07, 6.45) is 1.89. The van der Waals surface area contributed by atoms with Gasteiger partial charge in [-0.25, -0.2) is 8.78 Å². The first kappa shape index (κ1) is 12.3. The zero-order valence-electron chi connectivity index (χ0n) is 9.93. The third-order valence-electron chi connectivity index (χ3n) is 3.19. The van der Waals surface area contributed by atoms with E-state index >= 15 is 0 Å². The van der Waals surface area contributed by atoms with Crippen LogP contribution in [-0.4, -0.2) is 19.8 Å². The maximum Gasteiger partial charge on any atom is 0.152 e. The van der Waals surface area contributed by atoms with Gasteiger partial charge in [-0.05, 0) is 37.3 Å². The number of halogens is 2. The van der Waals surface area contributed by atoms with E-state index < -0.39 is 11.6 Å². The van der Waals surface area contributed by atoms with Crippen LogP contribution in [0.3, 0.4) is 0 Å². The molecule has 1 N–H and O–H groups in total. The van der Waals surface area contributed by atoms with Crippen molar-refractivity contribution >= 4 is 5.69 Å². The molecule has 2 nitrogen and oxygen atoms in total. The second-order valence-corrected chi connectivity index (χ2v) is 4.49. The Kier molecular flexibility index (Phi) is 3.94. The monoisotopic (exact) mass is 241 g/mol. The van der Waals surface area contributed by atoms with Gasteiger partial charge in [-0.15, -0.1) is 0 Å². The Morgan fingerprint density at radius 2 is 2.00 bits per heavy atom. The maximum atomic E-state index is 13.7. The Labute approximate surface area is 100.0 Å². The van der Waals surface area contributed by atoms with Crippen molar-refractivity contribution in [2.75, 3.05) is 25.1 Å². The standard InChI is InChI=1S/C13H17F2NO/c1-9-2-3-11(14)13(12(9)15)16-8-10-4-6-17-7-5-10/h2-3,10,16H,4-8H2,1H3. The maximum absolute atomic E-state index is 13.7. The third kappa shape index (κ3) is 2.94. The van der Waals surface area contributed by atoms with Gasteiger partial charge in [-0.3, -0.25) is 0 Å². The normalized spacial score (nSPS) is 17.1. The molecule has 2 rings (SSSR count). The molecule has 0 amide bonds. The van der Waals surface area contributed by atoms with Gasteiger partial charge in [0.15, 0.2) is 5.82 Å². The summed E-state index contributed by atoms with van der Waals surface area (Å²) >= 11 is 0. The lowest BCUT2D eigenvalue weighted by Crippen LogP contribution is -2.23. The highest BCUT2D eigenvalue weighted by Crippen LogP contribution is 2.23. The molecule has 1 aliphatic heterocycles. The van der Waals surface area contributed by atoms with Crippen LogP contribution in [-0.2, 0) is 4.74 Å². The molecule has 0 saturated carbocycles. The fourth-order valence-electron chi connectivity index (χ4n) is 2.02. The third-order valence-corrected chi connectivity index (χ3v) is 3.19. The minimum absolute atomic E-state index is 0.00325. The molecular weight excluding hydrogens is 224 g/mol. The zero-order chi connectivity index (χ0) is 12.3. The molecule has 0 radical (unpaired) electrons. The van der Waals surface area contributed by atoms with Gasteiger partial charge in [0.05, 0.1) is 0 Å². The van der Waals surface area contributed by atoms with E-state index in [4.69, 9.17) is 4.74 Å². The van der Waals surface area contributed by atoms with Gasteiger partial charge in [-0.2, -0.15) is 0 Å². The Morgan fingerprint density at radius 1 is 1.29 bits per heavy atom. The van der Waals surface area contributed by atoms with Crippen LogP contribution in [0.25, 0.3) is 0 Å². The molecule has 94 valence electrons. The topological polar surface area (TPSA) is 21.3 Å². The predicted molar refractivity (Wildman–Crippen MR) is 63.1 cm³/mol. The predicted octanol–water partition coefficient (Wildman–Crippen LogP) is 3.11. The van der Waals surface area contributed by atoms with E-state index in [2.05, 4.69) is 5.32 Å². The van der Waals surface area contributed by atoms with Crippen LogP contribution in [0.4, 0.5) is 14.5 Å². The van der Waals surface area contributed by atoms with E-state index in [0.717, 1.165) is 26.1 Å². The quantitative estimate of drug-likeness (QED) is 0.878. The Bertz CT molecular complexity index is 389. The van der Waals surface area contributed by atoms with Crippen LogP contribution in [0.15, 0.2) is 12.1 Å². The summed E-state index contributed by atoms with van der Waals surface area (Å²) in [5.41, 5.74) is 0.456. The lowest BCUT2D eigenvalue weighted by atomic mass is 10.0. The second-order valence-electron chi connectivity index (χ2n) is 4.49. The van der Waals surface area contributed by atoms with Crippen LogP contribution < -0.4 is 5.32 Å². The van der Waals surface area contributed by atoms with Gasteiger partial charge in [0, 0.05) is 19.8 Å². The van der Waals surface area contributed by atoms with E-state index in [9.17, 15) is 8.78 Å². The average molecular weight is 241 g/mol. The molecule has 1 aromatic carbocycles. The van der Waals surface area contributed by atoms with Crippen molar-refractivity contribution in [2.24, 2.45) is 5.92 Å². The molecule has 0 unspecified atom stereocenters. The number of aryl methyl sites for hydroxylation is 1. The van der Waals surface area contributed by atoms with Gasteiger partial charge in [-0.1, -0.05) is 6.07 Å². The summed E-state index contributed by atoms with van der Waals surface area (Å²) in [5.74, 6) is -0.583. The lowest BCUT2D eigenvalue weighted by Gasteiger charge is -2.23. The highest BCUT2D eigenvalue weighted by atomic mass is 19.1. The van der Waals surface area contributed by atoms with E-state index in [0.29, 0.717) is 18.0 Å². The molecule has 0 atom stereocenters. The van der Waals surface area contributed by atoms with Gasteiger partial charge >= 0.3 is 0 Å². The first-order valence-corrected chi connectivity index (χ1v) is 5.94. The van der Waals surface area contributed by atoms with E-state index in [1.165, 1.54) is 12.1 Å². The summed E-state index contributed by atoms with van der Waals surface area (Å²) in [6, 6.07) is 2.75. The van der Waals surface area contributed by atoms with Crippen molar-refractivity contribution in [1.29, 1.82) is 0 Å². The Balaban J connectivity index is 2.00. The van der Waals surface area contributed by atoms with Gasteiger partial charge in [0.1, 0.15) is 11.5 Å². The molecule has 1 saturated heterocycles. The summed E-state index contributed by atoms with van der Waals surface area (Å²) in [6.45, 7) is 3.71. The number of nitrogens with one attached hydrogen (secondary N) is 1. The Hall–Kier alpha value is -1.16. The number of hydrogen-bond donors (Lipinski definition) is 1. The number of anilines is 1. The molecule has 1 fully saturated rings. The van der Waals surface area contributed by atoms with Crippen LogP contribution in [0.2, 0.25) is 0 Å². The smallest absolute Gasteiger partial charge is 0.152 e. The lowest BCUT2D eigenvalue weighted by molar-refractivity contribution is 0.0699. The molecule has 0 bridgehead atoms. The van der Waals surface area contributed by atoms with Gasteiger partial charge < -0.3 is 10.1 Å². The molecule has 17 heavy (non-hydrogen) atoms. The summed E-state index contributed by atoms with van der Waals surface area (Å²) in [4.78, 5) is 0.